The maximum atomic E-state index is 15.6. The van der Waals surface area contributed by atoms with Gasteiger partial charge in [0.15, 0.2) is 10.8 Å². The fourth-order valence-corrected chi connectivity index (χ4v) is 4.53. The van der Waals surface area contributed by atoms with E-state index in [4.69, 9.17) is 15.2 Å². The number of benzene rings is 1. The van der Waals surface area contributed by atoms with Crippen molar-refractivity contribution in [1.82, 2.24) is 9.97 Å². The smallest absolute Gasteiger partial charge is 0.275 e. The van der Waals surface area contributed by atoms with Crippen LogP contribution < -0.4 is 15.8 Å². The van der Waals surface area contributed by atoms with Gasteiger partial charge in [-0.05, 0) is 18.2 Å². The number of nitrogens with one attached hydrogen (secondary N) is 1. The molecule has 3 N–H and O–H groups in total. The van der Waals surface area contributed by atoms with Crippen LogP contribution in [0.25, 0.3) is 0 Å². The molecular weight excluding hydrogens is 440 g/mol. The molecule has 1 amide bonds. The van der Waals surface area contributed by atoms with E-state index in [1.54, 1.807) is 0 Å². The van der Waals surface area contributed by atoms with Gasteiger partial charge in [-0.2, -0.15) is 0 Å². The quantitative estimate of drug-likeness (QED) is 0.724. The van der Waals surface area contributed by atoms with Crippen LogP contribution in [-0.4, -0.2) is 53.6 Å². The third-order valence-electron chi connectivity index (χ3n) is 4.85. The molecule has 1 aromatic heterocycles. The van der Waals surface area contributed by atoms with Crippen molar-refractivity contribution in [3.8, 4) is 5.88 Å². The average Bonchev–Trinajstić information content (AvgIpc) is 3.06. The zero-order valence-corrected chi connectivity index (χ0v) is 17.4. The van der Waals surface area contributed by atoms with Crippen LogP contribution in [0.15, 0.2) is 35.6 Å². The maximum absolute atomic E-state index is 15.6. The minimum absolute atomic E-state index is 0. The lowest BCUT2D eigenvalue weighted by Crippen LogP contribution is -2.52. The number of fused-ring (bicyclic) bond motifs is 1. The summed E-state index contributed by atoms with van der Waals surface area (Å²) in [4.78, 5) is 24.3. The molecule has 0 saturated carbocycles. The number of anilines is 1. The highest BCUT2D eigenvalue weighted by atomic mass is 35.5. The summed E-state index contributed by atoms with van der Waals surface area (Å²) < 4.78 is 39.2. The number of halogens is 3. The first-order valence-electron chi connectivity index (χ1n) is 8.60. The summed E-state index contributed by atoms with van der Waals surface area (Å²) in [5.41, 5.74) is 4.27. The molecule has 3 heterocycles. The number of carbonyl (C=O) groups excluding carboxylic acids is 1. The third kappa shape index (κ3) is 3.68. The number of rotatable bonds is 4. The minimum Gasteiger partial charge on any atom is -0.480 e. The number of nitrogens with zero attached hydrogens (tertiary/aromatic N) is 3. The number of hydrogen-bond acceptors (Lipinski definition) is 8. The van der Waals surface area contributed by atoms with Gasteiger partial charge in [-0.1, -0.05) is 11.8 Å². The van der Waals surface area contributed by atoms with Gasteiger partial charge in [0.05, 0.1) is 39.3 Å². The molecule has 1 aromatic carbocycles. The van der Waals surface area contributed by atoms with Gasteiger partial charge in [0.1, 0.15) is 16.3 Å². The molecule has 0 unspecified atom stereocenters. The molecule has 2 aromatic rings. The summed E-state index contributed by atoms with van der Waals surface area (Å²) in [5.74, 6) is -0.914. The van der Waals surface area contributed by atoms with Crippen molar-refractivity contribution in [2.75, 3.05) is 32.2 Å². The second-order valence-electron chi connectivity index (χ2n) is 6.63. The van der Waals surface area contributed by atoms with Crippen molar-refractivity contribution < 1.29 is 23.0 Å². The molecule has 0 spiro atoms. The van der Waals surface area contributed by atoms with Gasteiger partial charge in [-0.3, -0.25) is 9.79 Å². The molecule has 30 heavy (non-hydrogen) atoms. The molecule has 1 fully saturated rings. The monoisotopic (exact) mass is 457 g/mol. The Labute approximate surface area is 181 Å². The number of aromatic nitrogens is 2. The number of carbonyl (C=O) groups is 1. The van der Waals surface area contributed by atoms with Crippen LogP contribution in [0.1, 0.15) is 16.1 Å². The summed E-state index contributed by atoms with van der Waals surface area (Å²) >= 11 is 0.937. The Hall–Kier alpha value is -2.50. The van der Waals surface area contributed by atoms with Gasteiger partial charge in [0.2, 0.25) is 5.88 Å². The first kappa shape index (κ1) is 22.2. The van der Waals surface area contributed by atoms with Crippen molar-refractivity contribution >= 4 is 40.9 Å². The highest BCUT2D eigenvalue weighted by Crippen LogP contribution is 2.54. The lowest BCUT2D eigenvalue weighted by atomic mass is 9.84. The molecule has 4 rings (SSSR count). The molecular formula is C18H18ClF2N5O3S. The van der Waals surface area contributed by atoms with E-state index < -0.39 is 22.1 Å². The predicted octanol–water partition coefficient (Wildman–Crippen LogP) is 2.29. The standard InChI is InChI=1S/C18H17F2N5O3S.ClH/c1-27-14-6-22-13(5-23-14)15(26)25-10-2-3-12(19)11(4-10)18-9-28-8-17(18,20)7-24-16(21)29-18;/h2-6H,7-9H2,1H3,(H2,21,24)(H,25,26);1H/t17-,18-;/m1./s1. The zero-order chi connectivity index (χ0) is 20.6. The topological polar surface area (TPSA) is 112 Å². The summed E-state index contributed by atoms with van der Waals surface area (Å²) in [5, 5.41) is 2.78. The van der Waals surface area contributed by atoms with Crippen LogP contribution in [-0.2, 0) is 9.48 Å². The van der Waals surface area contributed by atoms with Crippen molar-refractivity contribution in [3.63, 3.8) is 0 Å². The number of methoxy groups -OCH3 is 1. The number of amidine groups is 1. The third-order valence-corrected chi connectivity index (χ3v) is 6.24. The molecule has 1 saturated heterocycles. The van der Waals surface area contributed by atoms with Crippen molar-refractivity contribution in [1.29, 1.82) is 0 Å². The van der Waals surface area contributed by atoms with E-state index in [0.717, 1.165) is 11.8 Å². The second-order valence-corrected chi connectivity index (χ2v) is 7.95. The normalized spacial score (nSPS) is 25.0. The number of nitrogens with two attached hydrogens (primary N) is 1. The van der Waals surface area contributed by atoms with E-state index in [0.29, 0.717) is 0 Å². The molecule has 0 radical (unpaired) electrons. The first-order chi connectivity index (χ1) is 13.9. The number of amides is 1. The number of aliphatic imine (C=N–C) groups is 1. The highest BCUT2D eigenvalue weighted by Gasteiger charge is 2.62. The molecule has 2 aliphatic heterocycles. The average molecular weight is 458 g/mol. The Balaban J connectivity index is 0.00000256. The van der Waals surface area contributed by atoms with Crippen LogP contribution in [0.4, 0.5) is 14.5 Å². The Kier molecular flexibility index (Phi) is 6.16. The van der Waals surface area contributed by atoms with E-state index in [1.165, 1.54) is 37.7 Å². The Morgan fingerprint density at radius 1 is 1.33 bits per heavy atom. The predicted molar refractivity (Wildman–Crippen MR) is 111 cm³/mol. The van der Waals surface area contributed by atoms with E-state index in [9.17, 15) is 9.18 Å². The van der Waals surface area contributed by atoms with Gasteiger partial charge in [0.25, 0.3) is 5.91 Å². The van der Waals surface area contributed by atoms with Crippen molar-refractivity contribution in [2.45, 2.75) is 10.4 Å². The molecule has 12 heteroatoms. The Morgan fingerprint density at radius 2 is 2.13 bits per heavy atom. The molecule has 0 bridgehead atoms. The lowest BCUT2D eigenvalue weighted by Gasteiger charge is -2.40. The number of hydrogen-bond donors (Lipinski definition) is 2. The van der Waals surface area contributed by atoms with Crippen LogP contribution in [0, 0.1) is 5.82 Å². The van der Waals surface area contributed by atoms with Gasteiger partial charge >= 0.3 is 0 Å². The van der Waals surface area contributed by atoms with Gasteiger partial charge in [0, 0.05) is 11.3 Å². The molecule has 0 aliphatic carbocycles. The van der Waals surface area contributed by atoms with E-state index in [-0.39, 0.29) is 60.2 Å². The summed E-state index contributed by atoms with van der Waals surface area (Å²) in [6.07, 6.45) is 2.56. The summed E-state index contributed by atoms with van der Waals surface area (Å²) in [6, 6.07) is 3.93. The van der Waals surface area contributed by atoms with Gasteiger partial charge < -0.3 is 20.5 Å². The lowest BCUT2D eigenvalue weighted by molar-refractivity contribution is 0.102. The molecule has 2 aliphatic rings. The fraction of sp³-hybridized carbons (Fsp3) is 0.333. The summed E-state index contributed by atoms with van der Waals surface area (Å²) in [6.45, 7) is -0.500. The second kappa shape index (κ2) is 8.32. The van der Waals surface area contributed by atoms with Crippen LogP contribution in [0.2, 0.25) is 0 Å². The first-order valence-corrected chi connectivity index (χ1v) is 9.41. The fourth-order valence-electron chi connectivity index (χ4n) is 3.33. The molecule has 160 valence electrons. The molecule has 8 nitrogen and oxygen atoms in total. The van der Waals surface area contributed by atoms with Crippen LogP contribution in [0.5, 0.6) is 5.88 Å². The van der Waals surface area contributed by atoms with Gasteiger partial charge in [-0.25, -0.2) is 18.7 Å². The highest BCUT2D eigenvalue weighted by molar-refractivity contribution is 8.14. The van der Waals surface area contributed by atoms with Crippen molar-refractivity contribution in [2.24, 2.45) is 10.7 Å². The number of alkyl halides is 1. The minimum atomic E-state index is -1.91. The largest absolute Gasteiger partial charge is 0.480 e. The Bertz CT molecular complexity index is 996. The molecule has 2 atom stereocenters. The number of ether oxygens (including phenoxy) is 2. The van der Waals surface area contributed by atoms with E-state index >= 15 is 4.39 Å². The van der Waals surface area contributed by atoms with Crippen LogP contribution in [0.3, 0.4) is 0 Å². The zero-order valence-electron chi connectivity index (χ0n) is 15.7. The SMILES string of the molecule is COc1cnc(C(=O)Nc2ccc(F)c([C@]34COC[C@]3(F)CN=C(N)S4)c2)cn1.Cl. The van der Waals surface area contributed by atoms with Crippen molar-refractivity contribution in [3.05, 3.63) is 47.7 Å². The number of thioether (sulfide) groups is 1. The summed E-state index contributed by atoms with van der Waals surface area (Å²) in [7, 11) is 1.43. The van der Waals surface area contributed by atoms with E-state index in [2.05, 4.69) is 20.3 Å². The maximum Gasteiger partial charge on any atom is 0.275 e. The van der Waals surface area contributed by atoms with E-state index in [1.807, 2.05) is 0 Å². The van der Waals surface area contributed by atoms with Gasteiger partial charge in [-0.15, -0.1) is 12.4 Å². The van der Waals surface area contributed by atoms with Crippen LogP contribution >= 0.6 is 24.2 Å². The Morgan fingerprint density at radius 3 is 2.83 bits per heavy atom.